The van der Waals surface area contributed by atoms with Gasteiger partial charge in [0.1, 0.15) is 11.7 Å². The topological polar surface area (TPSA) is 85.3 Å². The van der Waals surface area contributed by atoms with Crippen LogP contribution >= 0.6 is 0 Å². The molecule has 0 aromatic rings. The van der Waals surface area contributed by atoms with Crippen LogP contribution < -0.4 is 0 Å². The minimum Gasteiger partial charge on any atom is -0.466 e. The highest BCUT2D eigenvalue weighted by Crippen LogP contribution is 2.15. The van der Waals surface area contributed by atoms with Gasteiger partial charge in [-0.15, -0.1) is 6.58 Å². The molecular weight excluding hydrogens is 302 g/mol. The molecule has 0 rings (SSSR count). The highest BCUT2D eigenvalue weighted by atomic mass is 16.6. The van der Waals surface area contributed by atoms with Crippen molar-refractivity contribution in [2.75, 3.05) is 27.4 Å². The van der Waals surface area contributed by atoms with Gasteiger partial charge in [-0.05, 0) is 20.8 Å². The van der Waals surface area contributed by atoms with Gasteiger partial charge in [-0.2, -0.15) is 0 Å². The number of aliphatic hydroxyl groups excluding tert-OH is 1. The van der Waals surface area contributed by atoms with E-state index in [0.717, 1.165) is 0 Å². The fourth-order valence-corrected chi connectivity index (χ4v) is 1.69. The summed E-state index contributed by atoms with van der Waals surface area (Å²) in [5.74, 6) is -0.747. The minimum atomic E-state index is -1.30. The number of rotatable bonds is 8. The van der Waals surface area contributed by atoms with Crippen molar-refractivity contribution in [2.45, 2.75) is 38.5 Å². The maximum Gasteiger partial charge on any atom is 0.410 e. The molecule has 23 heavy (non-hydrogen) atoms. The number of carbonyl (C=O) groups is 2. The Balaban J connectivity index is 5.26. The molecule has 0 aromatic heterocycles. The van der Waals surface area contributed by atoms with Gasteiger partial charge in [-0.1, -0.05) is 12.7 Å². The molecule has 132 valence electrons. The monoisotopic (exact) mass is 329 g/mol. The number of esters is 1. The van der Waals surface area contributed by atoms with Gasteiger partial charge in [0.2, 0.25) is 0 Å². The number of methoxy groups -OCH3 is 2. The zero-order chi connectivity index (χ0) is 18.2. The number of amides is 1. The summed E-state index contributed by atoms with van der Waals surface area (Å²) in [4.78, 5) is 25.0. The van der Waals surface area contributed by atoms with Crippen LogP contribution in [0.2, 0.25) is 0 Å². The quantitative estimate of drug-likeness (QED) is 0.413. The van der Waals surface area contributed by atoms with Gasteiger partial charge >= 0.3 is 12.1 Å². The summed E-state index contributed by atoms with van der Waals surface area (Å²) in [6, 6.07) is -0.532. The standard InChI is InChI=1S/C16H27NO6/c1-8-12(10-21-6)17(15(20)23-16(3,4)5)9-13(18)11(2)14(19)22-7/h8,12-13,18H,1-2,9-10H2,3-7H3. The third-order valence-corrected chi connectivity index (χ3v) is 2.86. The summed E-state index contributed by atoms with van der Waals surface area (Å²) in [7, 11) is 2.66. The van der Waals surface area contributed by atoms with Crippen molar-refractivity contribution in [2.24, 2.45) is 0 Å². The molecule has 0 radical (unpaired) electrons. The van der Waals surface area contributed by atoms with Crippen LogP contribution in [0.1, 0.15) is 20.8 Å². The lowest BCUT2D eigenvalue weighted by Crippen LogP contribution is -2.48. The van der Waals surface area contributed by atoms with E-state index in [1.54, 1.807) is 20.8 Å². The molecule has 0 spiro atoms. The number of aliphatic hydroxyl groups is 1. The molecule has 2 atom stereocenters. The van der Waals surface area contributed by atoms with Crippen molar-refractivity contribution in [3.8, 4) is 0 Å². The van der Waals surface area contributed by atoms with E-state index in [1.807, 2.05) is 0 Å². The second-order valence-electron chi connectivity index (χ2n) is 5.92. The average Bonchev–Trinajstić information content (AvgIpc) is 2.46. The Kier molecular flexibility index (Phi) is 8.56. The first-order valence-electron chi connectivity index (χ1n) is 7.13. The first-order valence-corrected chi connectivity index (χ1v) is 7.13. The van der Waals surface area contributed by atoms with Gasteiger partial charge in [0.25, 0.3) is 0 Å². The molecule has 0 saturated heterocycles. The third kappa shape index (κ3) is 7.30. The Hall–Kier alpha value is -1.86. The van der Waals surface area contributed by atoms with E-state index in [2.05, 4.69) is 17.9 Å². The largest absolute Gasteiger partial charge is 0.466 e. The van der Waals surface area contributed by atoms with Gasteiger partial charge < -0.3 is 19.3 Å². The van der Waals surface area contributed by atoms with Gasteiger partial charge in [0, 0.05) is 7.11 Å². The van der Waals surface area contributed by atoms with E-state index >= 15 is 0 Å². The predicted octanol–water partition coefficient (Wildman–Crippen LogP) is 1.51. The van der Waals surface area contributed by atoms with Crippen molar-refractivity contribution in [1.82, 2.24) is 4.90 Å². The van der Waals surface area contributed by atoms with E-state index in [-0.39, 0.29) is 18.7 Å². The lowest BCUT2D eigenvalue weighted by atomic mass is 10.1. The van der Waals surface area contributed by atoms with Gasteiger partial charge in [0.05, 0.1) is 31.9 Å². The zero-order valence-electron chi connectivity index (χ0n) is 14.5. The Labute approximate surface area is 137 Å². The number of carbonyl (C=O) groups excluding carboxylic acids is 2. The average molecular weight is 329 g/mol. The summed E-state index contributed by atoms with van der Waals surface area (Å²) in [5.41, 5.74) is -0.861. The Morgan fingerprint density at radius 3 is 2.26 bits per heavy atom. The van der Waals surface area contributed by atoms with E-state index in [1.165, 1.54) is 25.2 Å². The van der Waals surface area contributed by atoms with Crippen LogP contribution in [0.5, 0.6) is 0 Å². The van der Waals surface area contributed by atoms with Crippen LogP contribution in [-0.2, 0) is 19.0 Å². The van der Waals surface area contributed by atoms with Gasteiger partial charge in [-0.25, -0.2) is 9.59 Å². The van der Waals surface area contributed by atoms with E-state index in [0.29, 0.717) is 0 Å². The normalized spacial score (nSPS) is 13.7. The molecule has 0 bridgehead atoms. The van der Waals surface area contributed by atoms with Crippen LogP contribution in [0.3, 0.4) is 0 Å². The number of hydrogen-bond acceptors (Lipinski definition) is 6. The summed E-state index contributed by atoms with van der Waals surface area (Å²) in [5, 5.41) is 10.1. The molecule has 0 aromatic carbocycles. The number of hydrogen-bond donors (Lipinski definition) is 1. The van der Waals surface area contributed by atoms with Crippen molar-refractivity contribution in [1.29, 1.82) is 0 Å². The summed E-state index contributed by atoms with van der Waals surface area (Å²) in [6.45, 7) is 12.3. The molecule has 7 heteroatoms. The fourth-order valence-electron chi connectivity index (χ4n) is 1.69. The SMILES string of the molecule is C=CC(COC)N(CC(O)C(=C)C(=O)OC)C(=O)OC(C)(C)C. The van der Waals surface area contributed by atoms with Crippen molar-refractivity contribution in [3.05, 3.63) is 24.8 Å². The number of nitrogens with zero attached hydrogens (tertiary/aromatic N) is 1. The van der Waals surface area contributed by atoms with Gasteiger partial charge in [-0.3, -0.25) is 4.90 Å². The molecule has 0 aliphatic carbocycles. The van der Waals surface area contributed by atoms with E-state index in [9.17, 15) is 14.7 Å². The van der Waals surface area contributed by atoms with E-state index < -0.39 is 29.8 Å². The summed E-state index contributed by atoms with van der Waals surface area (Å²) < 4.78 is 14.9. The zero-order valence-corrected chi connectivity index (χ0v) is 14.5. The maximum atomic E-state index is 12.4. The Morgan fingerprint density at radius 2 is 1.87 bits per heavy atom. The summed E-state index contributed by atoms with van der Waals surface area (Å²) >= 11 is 0. The molecule has 2 unspecified atom stereocenters. The van der Waals surface area contributed by atoms with Crippen molar-refractivity contribution < 1.29 is 28.9 Å². The number of ether oxygens (including phenoxy) is 3. The minimum absolute atomic E-state index is 0.152. The van der Waals surface area contributed by atoms with Crippen LogP contribution in [-0.4, -0.2) is 67.2 Å². The van der Waals surface area contributed by atoms with Crippen molar-refractivity contribution >= 4 is 12.1 Å². The first kappa shape index (κ1) is 21.1. The lowest BCUT2D eigenvalue weighted by Gasteiger charge is -2.33. The van der Waals surface area contributed by atoms with E-state index in [4.69, 9.17) is 9.47 Å². The fraction of sp³-hybridized carbons (Fsp3) is 0.625. The molecule has 7 nitrogen and oxygen atoms in total. The Morgan fingerprint density at radius 1 is 1.30 bits per heavy atom. The maximum absolute atomic E-state index is 12.4. The molecule has 0 aliphatic rings. The third-order valence-electron chi connectivity index (χ3n) is 2.86. The molecule has 1 N–H and O–H groups in total. The second-order valence-corrected chi connectivity index (χ2v) is 5.92. The smallest absolute Gasteiger partial charge is 0.410 e. The van der Waals surface area contributed by atoms with Crippen LogP contribution in [0, 0.1) is 0 Å². The Bertz CT molecular complexity index is 440. The van der Waals surface area contributed by atoms with Crippen LogP contribution in [0.4, 0.5) is 4.79 Å². The van der Waals surface area contributed by atoms with Crippen LogP contribution in [0.15, 0.2) is 24.8 Å². The lowest BCUT2D eigenvalue weighted by molar-refractivity contribution is -0.137. The van der Waals surface area contributed by atoms with Gasteiger partial charge in [0.15, 0.2) is 0 Å². The van der Waals surface area contributed by atoms with Crippen LogP contribution in [0.25, 0.3) is 0 Å². The second kappa shape index (κ2) is 9.32. The molecular formula is C16H27NO6. The molecule has 0 aliphatic heterocycles. The first-order chi connectivity index (χ1) is 10.6. The molecule has 0 heterocycles. The molecule has 1 amide bonds. The van der Waals surface area contributed by atoms with Crippen molar-refractivity contribution in [3.63, 3.8) is 0 Å². The molecule has 0 saturated carbocycles. The highest BCUT2D eigenvalue weighted by molar-refractivity contribution is 5.88. The molecule has 0 fully saturated rings. The highest BCUT2D eigenvalue weighted by Gasteiger charge is 2.30. The predicted molar refractivity (Wildman–Crippen MR) is 86.0 cm³/mol. The summed E-state index contributed by atoms with van der Waals surface area (Å²) in [6.07, 6.45) is -0.452.